The number of aryl methyl sites for hydroxylation is 2. The fourth-order valence-corrected chi connectivity index (χ4v) is 4.12. The standard InChI is InChI=1S/C16H16F3NS/c17-16(18,19)12-7-3-2-6-11(12)15(20)14-9-10-5-1-4-8-13(10)21-14/h2-3,6-7,9,15H,1,4-5,8,20H2. The third kappa shape index (κ3) is 2.85. The van der Waals surface area contributed by atoms with Gasteiger partial charge in [-0.25, -0.2) is 0 Å². The van der Waals surface area contributed by atoms with Crippen molar-refractivity contribution >= 4 is 11.3 Å². The van der Waals surface area contributed by atoms with Gasteiger partial charge in [-0.3, -0.25) is 0 Å². The molecule has 0 bridgehead atoms. The van der Waals surface area contributed by atoms with Crippen molar-refractivity contribution in [1.29, 1.82) is 0 Å². The second kappa shape index (κ2) is 5.46. The maximum absolute atomic E-state index is 13.1. The van der Waals surface area contributed by atoms with E-state index >= 15 is 0 Å². The number of nitrogens with two attached hydrogens (primary N) is 1. The number of hydrogen-bond acceptors (Lipinski definition) is 2. The molecule has 2 aromatic rings. The number of rotatable bonds is 2. The largest absolute Gasteiger partial charge is 0.416 e. The smallest absolute Gasteiger partial charge is 0.320 e. The van der Waals surface area contributed by atoms with Crippen LogP contribution in [0.2, 0.25) is 0 Å². The van der Waals surface area contributed by atoms with Crippen molar-refractivity contribution in [2.45, 2.75) is 37.9 Å². The number of thiophene rings is 1. The zero-order valence-electron chi connectivity index (χ0n) is 11.4. The Hall–Kier alpha value is -1.33. The number of hydrogen-bond donors (Lipinski definition) is 1. The van der Waals surface area contributed by atoms with E-state index < -0.39 is 17.8 Å². The fraction of sp³-hybridized carbons (Fsp3) is 0.375. The van der Waals surface area contributed by atoms with Crippen molar-refractivity contribution in [1.82, 2.24) is 0 Å². The molecule has 0 spiro atoms. The Morgan fingerprint density at radius 3 is 2.52 bits per heavy atom. The number of fused-ring (bicyclic) bond motifs is 1. The quantitative estimate of drug-likeness (QED) is 0.855. The summed E-state index contributed by atoms with van der Waals surface area (Å²) in [5, 5.41) is 0. The van der Waals surface area contributed by atoms with Crippen molar-refractivity contribution in [3.63, 3.8) is 0 Å². The molecule has 112 valence electrons. The highest BCUT2D eigenvalue weighted by Crippen LogP contribution is 2.39. The zero-order valence-corrected chi connectivity index (χ0v) is 12.2. The molecule has 1 atom stereocenters. The van der Waals surface area contributed by atoms with E-state index in [0.717, 1.165) is 36.6 Å². The summed E-state index contributed by atoms with van der Waals surface area (Å²) < 4.78 is 39.3. The molecule has 2 N–H and O–H groups in total. The van der Waals surface area contributed by atoms with Crippen LogP contribution in [0.1, 0.15) is 45.3 Å². The molecule has 0 amide bonds. The maximum atomic E-state index is 13.1. The van der Waals surface area contributed by atoms with Crippen LogP contribution in [0.5, 0.6) is 0 Å². The Kier molecular flexibility index (Phi) is 3.80. The zero-order chi connectivity index (χ0) is 15.0. The van der Waals surface area contributed by atoms with Crippen LogP contribution in [0.3, 0.4) is 0 Å². The average molecular weight is 311 g/mol. The Labute approximate surface area is 125 Å². The minimum absolute atomic E-state index is 0.156. The van der Waals surface area contributed by atoms with Crippen LogP contribution >= 0.6 is 11.3 Å². The second-order valence-electron chi connectivity index (χ2n) is 5.37. The molecule has 21 heavy (non-hydrogen) atoms. The summed E-state index contributed by atoms with van der Waals surface area (Å²) >= 11 is 1.57. The first-order valence-corrected chi connectivity index (χ1v) is 7.81. The molecule has 3 rings (SSSR count). The summed E-state index contributed by atoms with van der Waals surface area (Å²) in [6.07, 6.45) is -0.0307. The van der Waals surface area contributed by atoms with Crippen molar-refractivity contribution < 1.29 is 13.2 Å². The van der Waals surface area contributed by atoms with Crippen LogP contribution in [-0.2, 0) is 19.0 Å². The van der Waals surface area contributed by atoms with Gasteiger partial charge in [0.25, 0.3) is 0 Å². The predicted octanol–water partition coefficient (Wildman–Crippen LogP) is 4.69. The highest BCUT2D eigenvalue weighted by molar-refractivity contribution is 7.12. The molecule has 1 aliphatic carbocycles. The van der Waals surface area contributed by atoms with Gasteiger partial charge in [-0.2, -0.15) is 13.2 Å². The molecule has 1 aromatic heterocycles. The van der Waals surface area contributed by atoms with Gasteiger partial charge in [0.2, 0.25) is 0 Å². The summed E-state index contributed by atoms with van der Waals surface area (Å²) in [6, 6.07) is 6.88. The van der Waals surface area contributed by atoms with E-state index in [1.165, 1.54) is 22.6 Å². The van der Waals surface area contributed by atoms with Gasteiger partial charge in [0.05, 0.1) is 11.6 Å². The lowest BCUT2D eigenvalue weighted by Crippen LogP contribution is -2.17. The molecule has 1 aromatic carbocycles. The van der Waals surface area contributed by atoms with Gasteiger partial charge in [-0.1, -0.05) is 18.2 Å². The number of halogens is 3. The summed E-state index contributed by atoms with van der Waals surface area (Å²) in [5.41, 5.74) is 6.92. The topological polar surface area (TPSA) is 26.0 Å². The third-order valence-electron chi connectivity index (χ3n) is 3.92. The van der Waals surface area contributed by atoms with Gasteiger partial charge in [-0.15, -0.1) is 11.3 Å². The van der Waals surface area contributed by atoms with Gasteiger partial charge >= 0.3 is 6.18 Å². The first kappa shape index (κ1) is 14.6. The lowest BCUT2D eigenvalue weighted by Gasteiger charge is -2.17. The van der Waals surface area contributed by atoms with Gasteiger partial charge < -0.3 is 5.73 Å². The molecule has 1 nitrogen and oxygen atoms in total. The predicted molar refractivity (Wildman–Crippen MR) is 78.4 cm³/mol. The highest BCUT2D eigenvalue weighted by atomic mass is 32.1. The van der Waals surface area contributed by atoms with Crippen LogP contribution in [0, 0.1) is 0 Å². The molecule has 1 unspecified atom stereocenters. The molecule has 1 heterocycles. The number of benzene rings is 1. The van der Waals surface area contributed by atoms with Gasteiger partial charge in [0.15, 0.2) is 0 Å². The van der Waals surface area contributed by atoms with E-state index in [1.54, 1.807) is 17.4 Å². The summed E-state index contributed by atoms with van der Waals surface area (Å²) in [4.78, 5) is 2.12. The summed E-state index contributed by atoms with van der Waals surface area (Å²) in [6.45, 7) is 0. The lowest BCUT2D eigenvalue weighted by molar-refractivity contribution is -0.138. The molecule has 0 saturated heterocycles. The SMILES string of the molecule is NC(c1cc2c(s1)CCCC2)c1ccccc1C(F)(F)F. The van der Waals surface area contributed by atoms with Crippen molar-refractivity contribution in [3.8, 4) is 0 Å². The van der Waals surface area contributed by atoms with Crippen LogP contribution in [0.25, 0.3) is 0 Å². The normalized spacial score (nSPS) is 16.6. The van der Waals surface area contributed by atoms with E-state index in [1.807, 2.05) is 6.07 Å². The van der Waals surface area contributed by atoms with Gasteiger partial charge in [0, 0.05) is 9.75 Å². The van der Waals surface area contributed by atoms with E-state index in [4.69, 9.17) is 5.73 Å². The third-order valence-corrected chi connectivity index (χ3v) is 5.24. The molecule has 5 heteroatoms. The van der Waals surface area contributed by atoms with Crippen LogP contribution in [0.15, 0.2) is 30.3 Å². The Balaban J connectivity index is 1.99. The van der Waals surface area contributed by atoms with Crippen molar-refractivity contribution in [3.05, 3.63) is 56.8 Å². The van der Waals surface area contributed by atoms with E-state index in [0.29, 0.717) is 0 Å². The monoisotopic (exact) mass is 311 g/mol. The van der Waals surface area contributed by atoms with Gasteiger partial charge in [-0.05, 0) is 48.9 Å². The summed E-state index contributed by atoms with van der Waals surface area (Å²) in [7, 11) is 0. The Morgan fingerprint density at radius 1 is 1.10 bits per heavy atom. The molecule has 0 saturated carbocycles. The molecule has 0 aliphatic heterocycles. The summed E-state index contributed by atoms with van der Waals surface area (Å²) in [5.74, 6) is 0. The lowest BCUT2D eigenvalue weighted by atomic mass is 9.96. The van der Waals surface area contributed by atoms with Crippen LogP contribution in [0.4, 0.5) is 13.2 Å². The number of alkyl halides is 3. The van der Waals surface area contributed by atoms with Crippen LogP contribution in [-0.4, -0.2) is 0 Å². The second-order valence-corrected chi connectivity index (χ2v) is 6.54. The maximum Gasteiger partial charge on any atom is 0.416 e. The molecular weight excluding hydrogens is 295 g/mol. The fourth-order valence-electron chi connectivity index (χ4n) is 2.85. The Bertz CT molecular complexity index is 622. The van der Waals surface area contributed by atoms with Crippen LogP contribution < -0.4 is 5.73 Å². The van der Waals surface area contributed by atoms with Gasteiger partial charge in [0.1, 0.15) is 0 Å². The molecular formula is C16H16F3NS. The minimum atomic E-state index is -4.37. The van der Waals surface area contributed by atoms with E-state index in [9.17, 15) is 13.2 Å². The minimum Gasteiger partial charge on any atom is -0.320 e. The molecule has 0 fully saturated rings. The average Bonchev–Trinajstić information content (AvgIpc) is 2.89. The van der Waals surface area contributed by atoms with E-state index in [2.05, 4.69) is 0 Å². The van der Waals surface area contributed by atoms with Crippen molar-refractivity contribution in [2.75, 3.05) is 0 Å². The first-order valence-electron chi connectivity index (χ1n) is 7.00. The Morgan fingerprint density at radius 2 is 1.81 bits per heavy atom. The van der Waals surface area contributed by atoms with E-state index in [-0.39, 0.29) is 5.56 Å². The highest BCUT2D eigenvalue weighted by Gasteiger charge is 2.35. The molecule has 1 aliphatic rings. The van der Waals surface area contributed by atoms with Crippen molar-refractivity contribution in [2.24, 2.45) is 5.73 Å². The first-order chi connectivity index (χ1) is 9.97. The molecule has 0 radical (unpaired) electrons.